The minimum atomic E-state index is -0.637. The lowest BCUT2D eigenvalue weighted by Gasteiger charge is -2.20. The van der Waals surface area contributed by atoms with E-state index in [0.29, 0.717) is 16.8 Å². The minimum Gasteiger partial charge on any atom is -0.450 e. The van der Waals surface area contributed by atoms with E-state index in [1.165, 1.54) is 4.57 Å². The summed E-state index contributed by atoms with van der Waals surface area (Å²) in [5.74, 6) is 0.703. The Hall–Kier alpha value is -3.35. The number of hydrogen-bond donors (Lipinski definition) is 2. The molecule has 0 fully saturated rings. The number of fused-ring (bicyclic) bond motifs is 1. The summed E-state index contributed by atoms with van der Waals surface area (Å²) in [5, 5.41) is 11.1. The lowest BCUT2D eigenvalue weighted by molar-refractivity contribution is 0.167. The molecule has 0 unspecified atom stereocenters. The highest BCUT2D eigenvalue weighted by Gasteiger charge is 2.19. The van der Waals surface area contributed by atoms with Crippen LogP contribution in [0.25, 0.3) is 11.0 Å². The maximum Gasteiger partial charge on any atom is 0.413 e. The summed E-state index contributed by atoms with van der Waals surface area (Å²) in [6.07, 6.45) is -0.637. The molecule has 0 radical (unpaired) electrons. The SMILES string of the molecule is CCOC(=O)Nc1nc2ccccc2n1C(=N)Oc1cccc(C(C)(C)C)c1. The van der Waals surface area contributed by atoms with Gasteiger partial charge in [-0.3, -0.25) is 10.7 Å². The van der Waals surface area contributed by atoms with E-state index in [-0.39, 0.29) is 24.0 Å². The van der Waals surface area contributed by atoms with Crippen LogP contribution in [0.5, 0.6) is 5.75 Å². The molecule has 28 heavy (non-hydrogen) atoms. The zero-order valence-electron chi connectivity index (χ0n) is 16.4. The first-order valence-electron chi connectivity index (χ1n) is 9.08. The van der Waals surface area contributed by atoms with Crippen LogP contribution in [0, 0.1) is 5.41 Å². The van der Waals surface area contributed by atoms with E-state index >= 15 is 0 Å². The van der Waals surface area contributed by atoms with Gasteiger partial charge in [0.05, 0.1) is 17.6 Å². The van der Waals surface area contributed by atoms with Crippen molar-refractivity contribution in [3.63, 3.8) is 0 Å². The summed E-state index contributed by atoms with van der Waals surface area (Å²) < 4.78 is 12.2. The van der Waals surface area contributed by atoms with Gasteiger partial charge < -0.3 is 9.47 Å². The molecular formula is C21H24N4O3. The Kier molecular flexibility index (Phi) is 5.35. The second-order valence-electron chi connectivity index (χ2n) is 7.29. The number of amides is 1. The Morgan fingerprint density at radius 2 is 1.93 bits per heavy atom. The molecule has 7 nitrogen and oxygen atoms in total. The molecule has 2 aromatic carbocycles. The van der Waals surface area contributed by atoms with Crippen LogP contribution in [0.3, 0.4) is 0 Å². The summed E-state index contributed by atoms with van der Waals surface area (Å²) in [7, 11) is 0. The summed E-state index contributed by atoms with van der Waals surface area (Å²) in [6, 6.07) is 14.7. The summed E-state index contributed by atoms with van der Waals surface area (Å²) in [4.78, 5) is 16.3. The molecule has 0 saturated heterocycles. The van der Waals surface area contributed by atoms with Gasteiger partial charge in [-0.1, -0.05) is 45.0 Å². The van der Waals surface area contributed by atoms with Crippen molar-refractivity contribution in [1.82, 2.24) is 9.55 Å². The Morgan fingerprint density at radius 3 is 2.64 bits per heavy atom. The van der Waals surface area contributed by atoms with Gasteiger partial charge in [-0.05, 0) is 42.2 Å². The molecule has 7 heteroatoms. The van der Waals surface area contributed by atoms with Crippen LogP contribution < -0.4 is 10.1 Å². The highest BCUT2D eigenvalue weighted by molar-refractivity contribution is 5.95. The maximum atomic E-state index is 11.9. The van der Waals surface area contributed by atoms with Crippen LogP contribution in [0.4, 0.5) is 10.7 Å². The monoisotopic (exact) mass is 380 g/mol. The number of nitrogens with zero attached hydrogens (tertiary/aromatic N) is 2. The zero-order chi connectivity index (χ0) is 20.3. The standard InChI is InChI=1S/C21H24N4O3/c1-5-27-20(26)24-19-23-16-11-6-7-12-17(16)25(19)18(22)28-15-10-8-9-14(13-15)21(2,3)4/h6-13,22H,5H2,1-4H3,(H,23,24,26). The van der Waals surface area contributed by atoms with E-state index in [2.05, 4.69) is 31.1 Å². The van der Waals surface area contributed by atoms with E-state index in [1.807, 2.05) is 36.4 Å². The fourth-order valence-electron chi connectivity index (χ4n) is 2.76. The summed E-state index contributed by atoms with van der Waals surface area (Å²) in [5.41, 5.74) is 2.33. The lowest BCUT2D eigenvalue weighted by atomic mass is 9.87. The third kappa shape index (κ3) is 4.14. The molecule has 0 spiro atoms. The number of nitrogens with one attached hydrogen (secondary N) is 2. The molecule has 1 heterocycles. The first-order chi connectivity index (χ1) is 13.3. The van der Waals surface area contributed by atoms with Crippen molar-refractivity contribution in [1.29, 1.82) is 5.41 Å². The van der Waals surface area contributed by atoms with E-state index < -0.39 is 6.09 Å². The van der Waals surface area contributed by atoms with Crippen LogP contribution in [-0.2, 0) is 10.2 Å². The molecule has 0 atom stereocenters. The number of hydrogen-bond acceptors (Lipinski definition) is 5. The summed E-state index contributed by atoms with van der Waals surface area (Å²) in [6.45, 7) is 8.29. The molecule has 2 N–H and O–H groups in total. The quantitative estimate of drug-likeness (QED) is 0.506. The molecule has 0 aliphatic heterocycles. The van der Waals surface area contributed by atoms with E-state index in [4.69, 9.17) is 14.9 Å². The molecule has 146 valence electrons. The van der Waals surface area contributed by atoms with Gasteiger partial charge in [-0.15, -0.1) is 0 Å². The van der Waals surface area contributed by atoms with Crippen molar-refractivity contribution in [3.8, 4) is 5.75 Å². The Balaban J connectivity index is 1.96. The Labute approximate surface area is 163 Å². The minimum absolute atomic E-state index is 0.0418. The molecule has 3 aromatic rings. The fraction of sp³-hybridized carbons (Fsp3) is 0.286. The number of rotatable bonds is 3. The number of para-hydroxylation sites is 2. The van der Waals surface area contributed by atoms with Crippen molar-refractivity contribution in [2.75, 3.05) is 11.9 Å². The smallest absolute Gasteiger partial charge is 0.413 e. The van der Waals surface area contributed by atoms with Crippen molar-refractivity contribution in [2.24, 2.45) is 0 Å². The molecule has 1 amide bonds. The molecule has 0 aliphatic carbocycles. The molecule has 3 rings (SSSR count). The predicted octanol–water partition coefficient (Wildman–Crippen LogP) is 4.76. The average Bonchev–Trinajstić information content (AvgIpc) is 2.99. The predicted molar refractivity (Wildman–Crippen MR) is 109 cm³/mol. The van der Waals surface area contributed by atoms with Crippen molar-refractivity contribution in [3.05, 3.63) is 54.1 Å². The van der Waals surface area contributed by atoms with Gasteiger partial charge in [0, 0.05) is 0 Å². The summed E-state index contributed by atoms with van der Waals surface area (Å²) >= 11 is 0. The maximum absolute atomic E-state index is 11.9. The first kappa shape index (κ1) is 19.4. The average molecular weight is 380 g/mol. The first-order valence-corrected chi connectivity index (χ1v) is 9.08. The number of imidazole rings is 1. The third-order valence-corrected chi connectivity index (χ3v) is 4.17. The highest BCUT2D eigenvalue weighted by atomic mass is 16.5. The topological polar surface area (TPSA) is 89.2 Å². The van der Waals surface area contributed by atoms with Gasteiger partial charge >= 0.3 is 12.1 Å². The largest absolute Gasteiger partial charge is 0.450 e. The van der Waals surface area contributed by atoms with Crippen LogP contribution in [0.2, 0.25) is 0 Å². The molecule has 1 aromatic heterocycles. The number of carbonyl (C=O) groups is 1. The van der Waals surface area contributed by atoms with Gasteiger partial charge in [0.25, 0.3) is 0 Å². The molecule has 0 bridgehead atoms. The molecule has 0 saturated carbocycles. The van der Waals surface area contributed by atoms with E-state index in [0.717, 1.165) is 5.56 Å². The van der Waals surface area contributed by atoms with Crippen LogP contribution in [0.1, 0.15) is 33.3 Å². The van der Waals surface area contributed by atoms with Gasteiger partial charge in [-0.25, -0.2) is 14.3 Å². The van der Waals surface area contributed by atoms with Crippen molar-refractivity contribution < 1.29 is 14.3 Å². The number of benzene rings is 2. The highest BCUT2D eigenvalue weighted by Crippen LogP contribution is 2.26. The zero-order valence-corrected chi connectivity index (χ0v) is 16.4. The molecule has 0 aliphatic rings. The second-order valence-corrected chi connectivity index (χ2v) is 7.29. The van der Waals surface area contributed by atoms with Crippen LogP contribution in [-0.4, -0.2) is 28.3 Å². The molecular weight excluding hydrogens is 356 g/mol. The van der Waals surface area contributed by atoms with Crippen LogP contribution in [0.15, 0.2) is 48.5 Å². The van der Waals surface area contributed by atoms with Crippen molar-refractivity contribution >= 4 is 29.1 Å². The van der Waals surface area contributed by atoms with Crippen molar-refractivity contribution in [2.45, 2.75) is 33.1 Å². The lowest BCUT2D eigenvalue weighted by Crippen LogP contribution is -2.23. The van der Waals surface area contributed by atoms with Gasteiger partial charge in [0.15, 0.2) is 0 Å². The van der Waals surface area contributed by atoms with Crippen LogP contribution >= 0.6 is 0 Å². The number of aromatic nitrogens is 2. The Morgan fingerprint density at radius 1 is 1.18 bits per heavy atom. The van der Waals surface area contributed by atoms with E-state index in [1.54, 1.807) is 19.1 Å². The number of anilines is 1. The van der Waals surface area contributed by atoms with Gasteiger partial charge in [-0.2, -0.15) is 0 Å². The number of ether oxygens (including phenoxy) is 2. The normalized spacial score (nSPS) is 11.3. The fourth-order valence-corrected chi connectivity index (χ4v) is 2.76. The van der Waals surface area contributed by atoms with Gasteiger partial charge in [0.2, 0.25) is 5.95 Å². The Bertz CT molecular complexity index is 1020. The van der Waals surface area contributed by atoms with E-state index in [9.17, 15) is 4.79 Å². The number of carbonyl (C=O) groups excluding carboxylic acids is 1. The van der Waals surface area contributed by atoms with Gasteiger partial charge in [0.1, 0.15) is 5.75 Å². The second kappa shape index (κ2) is 7.72. The third-order valence-electron chi connectivity index (χ3n) is 4.17.